The van der Waals surface area contributed by atoms with Crippen molar-refractivity contribution < 1.29 is 0 Å². The molecule has 0 bridgehead atoms. The Bertz CT molecular complexity index is 453. The van der Waals surface area contributed by atoms with Crippen LogP contribution in [0.5, 0.6) is 0 Å². The lowest BCUT2D eigenvalue weighted by atomic mass is 9.84. The second-order valence-corrected chi connectivity index (χ2v) is 6.82. The van der Waals surface area contributed by atoms with E-state index in [0.29, 0.717) is 5.41 Å². The Morgan fingerprint density at radius 3 is 2.74 bits per heavy atom. The number of anilines is 1. The highest BCUT2D eigenvalue weighted by Crippen LogP contribution is 2.35. The van der Waals surface area contributed by atoms with Gasteiger partial charge < -0.3 is 5.32 Å². The summed E-state index contributed by atoms with van der Waals surface area (Å²) in [5.41, 5.74) is 1.55. The Balaban J connectivity index is 2.03. The molecule has 2 nitrogen and oxygen atoms in total. The molecule has 1 aromatic carbocycles. The minimum Gasteiger partial charge on any atom is -0.335 e. The molecule has 19 heavy (non-hydrogen) atoms. The zero-order chi connectivity index (χ0) is 13.7. The number of thioether (sulfide) groups is 2. The van der Waals surface area contributed by atoms with Gasteiger partial charge in [-0.05, 0) is 42.7 Å². The van der Waals surface area contributed by atoms with E-state index in [9.17, 15) is 0 Å². The van der Waals surface area contributed by atoms with Crippen molar-refractivity contribution in [2.24, 2.45) is 10.4 Å². The van der Waals surface area contributed by atoms with Gasteiger partial charge in [0.2, 0.25) is 0 Å². The highest BCUT2D eigenvalue weighted by atomic mass is 32.2. The smallest absolute Gasteiger partial charge is 0.161 e. The molecule has 1 N–H and O–H groups in total. The van der Waals surface area contributed by atoms with E-state index in [-0.39, 0.29) is 0 Å². The molecule has 104 valence electrons. The van der Waals surface area contributed by atoms with Crippen LogP contribution >= 0.6 is 23.5 Å². The van der Waals surface area contributed by atoms with Gasteiger partial charge in [-0.15, -0.1) is 11.8 Å². The van der Waals surface area contributed by atoms with E-state index in [2.05, 4.69) is 49.7 Å². The largest absolute Gasteiger partial charge is 0.335 e. The molecule has 0 spiro atoms. The van der Waals surface area contributed by atoms with Gasteiger partial charge in [-0.25, -0.2) is 0 Å². The molecule has 0 saturated carbocycles. The number of aliphatic imine (C=N–C) groups is 1. The van der Waals surface area contributed by atoms with Crippen LogP contribution in [0.2, 0.25) is 0 Å². The van der Waals surface area contributed by atoms with Gasteiger partial charge in [-0.1, -0.05) is 31.7 Å². The lowest BCUT2D eigenvalue weighted by Gasteiger charge is -2.33. The van der Waals surface area contributed by atoms with Crippen molar-refractivity contribution in [1.29, 1.82) is 0 Å². The Kier molecular flexibility index (Phi) is 5.22. The predicted octanol–water partition coefficient (Wildman–Crippen LogP) is 4.73. The fraction of sp³-hybridized carbons (Fsp3) is 0.533. The third kappa shape index (κ3) is 3.69. The Morgan fingerprint density at radius 1 is 1.37 bits per heavy atom. The van der Waals surface area contributed by atoms with Gasteiger partial charge in [0.05, 0.1) is 0 Å². The van der Waals surface area contributed by atoms with Crippen molar-refractivity contribution in [3.63, 3.8) is 0 Å². The van der Waals surface area contributed by atoms with E-state index in [4.69, 9.17) is 4.99 Å². The van der Waals surface area contributed by atoms with Crippen LogP contribution in [0, 0.1) is 5.41 Å². The maximum absolute atomic E-state index is 4.74. The van der Waals surface area contributed by atoms with Crippen molar-refractivity contribution in [2.75, 3.05) is 23.9 Å². The van der Waals surface area contributed by atoms with Crippen molar-refractivity contribution in [3.8, 4) is 0 Å². The SMILES string of the molecule is CCC1(CC)CN=C(Nc2cccc(SC)c2)SC1. The molecule has 1 heterocycles. The topological polar surface area (TPSA) is 24.4 Å². The first-order chi connectivity index (χ1) is 9.21. The number of rotatable bonds is 4. The van der Waals surface area contributed by atoms with E-state index in [1.54, 1.807) is 11.8 Å². The molecule has 0 saturated heterocycles. The third-order valence-corrected chi connectivity index (χ3v) is 5.88. The van der Waals surface area contributed by atoms with Gasteiger partial charge in [-0.2, -0.15) is 0 Å². The summed E-state index contributed by atoms with van der Waals surface area (Å²) < 4.78 is 0. The quantitative estimate of drug-likeness (QED) is 0.812. The standard InChI is InChI=1S/C15H22N2S2/c1-4-15(5-2)10-16-14(19-11-15)17-12-7-6-8-13(9-12)18-3/h6-9H,4-5,10-11H2,1-3H3,(H,16,17). The summed E-state index contributed by atoms with van der Waals surface area (Å²) in [6, 6.07) is 8.50. The Hall–Kier alpha value is -0.610. The Labute approximate surface area is 124 Å². The molecule has 0 fully saturated rings. The molecule has 0 atom stereocenters. The average molecular weight is 294 g/mol. The molecule has 1 aliphatic rings. The van der Waals surface area contributed by atoms with Crippen molar-refractivity contribution in [3.05, 3.63) is 24.3 Å². The molecule has 1 aromatic rings. The first-order valence-electron chi connectivity index (χ1n) is 6.79. The third-order valence-electron chi connectivity index (χ3n) is 3.89. The van der Waals surface area contributed by atoms with Crippen LogP contribution in [0.3, 0.4) is 0 Å². The van der Waals surface area contributed by atoms with Crippen molar-refractivity contribution in [1.82, 2.24) is 0 Å². The number of benzene rings is 1. The molecular weight excluding hydrogens is 272 g/mol. The van der Waals surface area contributed by atoms with Gasteiger partial charge in [0.15, 0.2) is 5.17 Å². The fourth-order valence-corrected chi connectivity index (χ4v) is 3.88. The van der Waals surface area contributed by atoms with Gasteiger partial charge in [-0.3, -0.25) is 4.99 Å². The summed E-state index contributed by atoms with van der Waals surface area (Å²) in [6.45, 7) is 5.51. The molecular formula is C15H22N2S2. The van der Waals surface area contributed by atoms with Crippen LogP contribution in [0.4, 0.5) is 5.69 Å². The maximum atomic E-state index is 4.74. The van der Waals surface area contributed by atoms with E-state index < -0.39 is 0 Å². The summed E-state index contributed by atoms with van der Waals surface area (Å²) in [5.74, 6) is 1.17. The highest BCUT2D eigenvalue weighted by Gasteiger charge is 2.30. The van der Waals surface area contributed by atoms with E-state index >= 15 is 0 Å². The monoisotopic (exact) mass is 294 g/mol. The van der Waals surface area contributed by atoms with Gasteiger partial charge >= 0.3 is 0 Å². The average Bonchev–Trinajstić information content (AvgIpc) is 2.48. The van der Waals surface area contributed by atoms with Gasteiger partial charge in [0.1, 0.15) is 0 Å². The number of hydrogen-bond donors (Lipinski definition) is 1. The number of nitrogens with zero attached hydrogens (tertiary/aromatic N) is 1. The van der Waals surface area contributed by atoms with Crippen LogP contribution < -0.4 is 5.32 Å². The second kappa shape index (κ2) is 6.71. The zero-order valence-corrected chi connectivity index (χ0v) is 13.5. The molecule has 0 aliphatic carbocycles. The predicted molar refractivity (Wildman–Crippen MR) is 89.6 cm³/mol. The molecule has 4 heteroatoms. The maximum Gasteiger partial charge on any atom is 0.161 e. The van der Waals surface area contributed by atoms with Crippen LogP contribution in [-0.4, -0.2) is 23.7 Å². The number of hydrogen-bond acceptors (Lipinski definition) is 4. The molecule has 0 amide bonds. The summed E-state index contributed by atoms with van der Waals surface area (Å²) in [7, 11) is 0. The molecule has 2 rings (SSSR count). The van der Waals surface area contributed by atoms with Gasteiger partial charge in [0, 0.05) is 22.9 Å². The van der Waals surface area contributed by atoms with Crippen molar-refractivity contribution in [2.45, 2.75) is 31.6 Å². The fourth-order valence-electron chi connectivity index (χ4n) is 2.13. The van der Waals surface area contributed by atoms with Crippen LogP contribution in [0.25, 0.3) is 0 Å². The minimum absolute atomic E-state index is 0.414. The van der Waals surface area contributed by atoms with Crippen LogP contribution in [0.1, 0.15) is 26.7 Å². The van der Waals surface area contributed by atoms with E-state index in [1.165, 1.54) is 23.5 Å². The number of nitrogens with one attached hydrogen (secondary N) is 1. The second-order valence-electron chi connectivity index (χ2n) is 4.97. The van der Waals surface area contributed by atoms with E-state index in [1.807, 2.05) is 11.8 Å². The molecule has 0 radical (unpaired) electrons. The molecule has 0 unspecified atom stereocenters. The summed E-state index contributed by atoms with van der Waals surface area (Å²) in [6.07, 6.45) is 4.54. The van der Waals surface area contributed by atoms with Gasteiger partial charge in [0.25, 0.3) is 0 Å². The van der Waals surface area contributed by atoms with Crippen molar-refractivity contribution >= 4 is 34.4 Å². The van der Waals surface area contributed by atoms with Crippen LogP contribution in [-0.2, 0) is 0 Å². The lowest BCUT2D eigenvalue weighted by molar-refractivity contribution is 0.318. The summed E-state index contributed by atoms with van der Waals surface area (Å²) >= 11 is 3.63. The van der Waals surface area contributed by atoms with Crippen LogP contribution in [0.15, 0.2) is 34.2 Å². The summed E-state index contributed by atoms with van der Waals surface area (Å²) in [5, 5.41) is 4.51. The molecule has 1 aliphatic heterocycles. The molecule has 0 aromatic heterocycles. The number of amidine groups is 1. The lowest BCUT2D eigenvalue weighted by Crippen LogP contribution is -2.32. The first kappa shape index (κ1) is 14.8. The first-order valence-corrected chi connectivity index (χ1v) is 9.01. The Morgan fingerprint density at radius 2 is 2.16 bits per heavy atom. The minimum atomic E-state index is 0.414. The summed E-state index contributed by atoms with van der Waals surface area (Å²) in [4.78, 5) is 6.02. The normalized spacial score (nSPS) is 17.9. The van der Waals surface area contributed by atoms with E-state index in [0.717, 1.165) is 17.4 Å². The highest BCUT2D eigenvalue weighted by molar-refractivity contribution is 8.14. The zero-order valence-electron chi connectivity index (χ0n) is 11.9.